The van der Waals surface area contributed by atoms with Crippen LogP contribution in [0.1, 0.15) is 24.2 Å². The number of thioether (sulfide) groups is 1. The van der Waals surface area contributed by atoms with Gasteiger partial charge in [-0.2, -0.15) is 0 Å². The van der Waals surface area contributed by atoms with Gasteiger partial charge in [0.2, 0.25) is 0 Å². The molecule has 2 N–H and O–H groups in total. The standard InChI is InChI=1S/C20H17NO6S2/c1-11-2-4-12(5-3-11)15-8-6-13(27-15)10-16-18(24)21(20(28)29-16)14(19(25)26)7-9-17(22)23/h2-6,8,10,14H,7,9H2,1H3,(H,22,23)(H,25,26)/b16-10-. The Morgan fingerprint density at radius 3 is 2.52 bits per heavy atom. The molecule has 1 unspecified atom stereocenters. The Kier molecular flexibility index (Phi) is 6.19. The second kappa shape index (κ2) is 8.62. The number of aryl methyl sites for hydroxylation is 1. The zero-order chi connectivity index (χ0) is 21.1. The van der Waals surface area contributed by atoms with Crippen molar-refractivity contribution in [1.82, 2.24) is 4.90 Å². The molecule has 0 aliphatic carbocycles. The Balaban J connectivity index is 1.81. The zero-order valence-corrected chi connectivity index (χ0v) is 17.0. The van der Waals surface area contributed by atoms with Crippen molar-refractivity contribution in [3.8, 4) is 11.3 Å². The van der Waals surface area contributed by atoms with Gasteiger partial charge in [-0.05, 0) is 25.5 Å². The van der Waals surface area contributed by atoms with Crippen molar-refractivity contribution in [2.24, 2.45) is 0 Å². The Labute approximate surface area is 176 Å². The summed E-state index contributed by atoms with van der Waals surface area (Å²) < 4.78 is 5.85. The predicted molar refractivity (Wildman–Crippen MR) is 112 cm³/mol. The van der Waals surface area contributed by atoms with Crippen LogP contribution in [0, 0.1) is 6.92 Å². The summed E-state index contributed by atoms with van der Waals surface area (Å²) in [6.45, 7) is 1.99. The first-order valence-electron chi connectivity index (χ1n) is 8.65. The first-order valence-corrected chi connectivity index (χ1v) is 9.87. The van der Waals surface area contributed by atoms with Crippen molar-refractivity contribution >= 4 is 52.2 Å². The van der Waals surface area contributed by atoms with Crippen LogP contribution in [-0.2, 0) is 14.4 Å². The molecule has 29 heavy (non-hydrogen) atoms. The van der Waals surface area contributed by atoms with E-state index in [4.69, 9.17) is 21.7 Å². The highest BCUT2D eigenvalue weighted by Crippen LogP contribution is 2.35. The number of hydrogen-bond acceptors (Lipinski definition) is 6. The number of carboxylic acid groups (broad SMARTS) is 2. The van der Waals surface area contributed by atoms with Gasteiger partial charge in [-0.15, -0.1) is 0 Å². The third kappa shape index (κ3) is 4.75. The molecule has 0 radical (unpaired) electrons. The van der Waals surface area contributed by atoms with Gasteiger partial charge in [0.05, 0.1) is 4.91 Å². The van der Waals surface area contributed by atoms with Crippen molar-refractivity contribution in [2.45, 2.75) is 25.8 Å². The topological polar surface area (TPSA) is 108 Å². The monoisotopic (exact) mass is 431 g/mol. The van der Waals surface area contributed by atoms with Crippen molar-refractivity contribution in [2.75, 3.05) is 0 Å². The number of hydrogen-bond donors (Lipinski definition) is 2. The Hall–Kier alpha value is -2.91. The quantitative estimate of drug-likeness (QED) is 0.504. The fraction of sp³-hybridized carbons (Fsp3) is 0.200. The van der Waals surface area contributed by atoms with Crippen LogP contribution in [0.25, 0.3) is 17.4 Å². The summed E-state index contributed by atoms with van der Waals surface area (Å²) in [5, 5.41) is 18.2. The van der Waals surface area contributed by atoms with Gasteiger partial charge in [-0.1, -0.05) is 53.8 Å². The lowest BCUT2D eigenvalue weighted by molar-refractivity contribution is -0.146. The molecule has 7 nitrogen and oxygen atoms in total. The minimum absolute atomic E-state index is 0.0735. The average Bonchev–Trinajstić information content (AvgIpc) is 3.22. The van der Waals surface area contributed by atoms with Crippen LogP contribution in [-0.4, -0.2) is 43.3 Å². The number of furan rings is 1. The molecular weight excluding hydrogens is 414 g/mol. The molecule has 3 rings (SSSR count). The molecule has 1 aliphatic rings. The molecule has 1 aromatic heterocycles. The van der Waals surface area contributed by atoms with E-state index < -0.39 is 23.9 Å². The molecule has 0 bridgehead atoms. The van der Waals surface area contributed by atoms with E-state index in [-0.39, 0.29) is 22.1 Å². The molecule has 150 valence electrons. The second-order valence-electron chi connectivity index (χ2n) is 6.41. The van der Waals surface area contributed by atoms with E-state index in [1.165, 1.54) is 6.08 Å². The molecule has 0 spiro atoms. The number of carbonyl (C=O) groups is 3. The Bertz CT molecular complexity index is 1010. The second-order valence-corrected chi connectivity index (χ2v) is 8.08. The van der Waals surface area contributed by atoms with Crippen LogP contribution in [0.15, 0.2) is 45.7 Å². The normalized spacial score (nSPS) is 16.4. The lowest BCUT2D eigenvalue weighted by Gasteiger charge is -2.22. The number of nitrogens with zero attached hydrogens (tertiary/aromatic N) is 1. The van der Waals surface area contributed by atoms with Gasteiger partial charge >= 0.3 is 11.9 Å². The number of aliphatic carboxylic acids is 2. The molecule has 1 fully saturated rings. The highest BCUT2D eigenvalue weighted by atomic mass is 32.2. The van der Waals surface area contributed by atoms with Crippen molar-refractivity contribution < 1.29 is 29.0 Å². The minimum atomic E-state index is -1.33. The molecule has 1 atom stereocenters. The summed E-state index contributed by atoms with van der Waals surface area (Å²) in [6, 6.07) is 9.95. The lowest BCUT2D eigenvalue weighted by Crippen LogP contribution is -2.44. The number of thiocarbonyl (C=S) groups is 1. The SMILES string of the molecule is Cc1ccc(-c2ccc(/C=C3\SC(=S)N(C(CCC(=O)O)C(=O)O)C3=O)o2)cc1. The summed E-state index contributed by atoms with van der Waals surface area (Å²) >= 11 is 6.13. The van der Waals surface area contributed by atoms with Gasteiger partial charge in [0.25, 0.3) is 5.91 Å². The van der Waals surface area contributed by atoms with Crippen LogP contribution >= 0.6 is 24.0 Å². The summed E-state index contributed by atoms with van der Waals surface area (Å²) in [5.41, 5.74) is 2.02. The first-order chi connectivity index (χ1) is 13.8. The number of benzene rings is 1. The molecule has 1 aliphatic heterocycles. The lowest BCUT2D eigenvalue weighted by atomic mass is 10.1. The zero-order valence-electron chi connectivity index (χ0n) is 15.3. The fourth-order valence-corrected chi connectivity index (χ4v) is 4.14. The molecule has 1 saturated heterocycles. The van der Waals surface area contributed by atoms with Crippen LogP contribution in [0.3, 0.4) is 0 Å². The van der Waals surface area contributed by atoms with Gasteiger partial charge in [-0.25, -0.2) is 4.79 Å². The largest absolute Gasteiger partial charge is 0.481 e. The van der Waals surface area contributed by atoms with E-state index in [0.29, 0.717) is 11.5 Å². The molecule has 0 saturated carbocycles. The third-order valence-corrected chi connectivity index (χ3v) is 5.62. The van der Waals surface area contributed by atoms with Crippen molar-refractivity contribution in [3.05, 3.63) is 52.6 Å². The summed E-state index contributed by atoms with van der Waals surface area (Å²) in [7, 11) is 0. The highest BCUT2D eigenvalue weighted by Gasteiger charge is 2.40. The Morgan fingerprint density at radius 2 is 1.90 bits per heavy atom. The number of carbonyl (C=O) groups excluding carboxylic acids is 1. The average molecular weight is 431 g/mol. The first kappa shape index (κ1) is 20.8. The number of carboxylic acids is 2. The van der Waals surface area contributed by atoms with Crippen LogP contribution in [0.2, 0.25) is 0 Å². The van der Waals surface area contributed by atoms with Crippen molar-refractivity contribution in [3.63, 3.8) is 0 Å². The fourth-order valence-electron chi connectivity index (χ4n) is 2.80. The van der Waals surface area contributed by atoms with E-state index in [1.807, 2.05) is 31.2 Å². The third-order valence-electron chi connectivity index (χ3n) is 4.29. The summed E-state index contributed by atoms with van der Waals surface area (Å²) in [6.07, 6.45) is 0.890. The maximum Gasteiger partial charge on any atom is 0.326 e. The molecule has 1 aromatic carbocycles. The van der Waals surface area contributed by atoms with Gasteiger partial charge in [0.15, 0.2) is 0 Å². The van der Waals surface area contributed by atoms with Crippen LogP contribution in [0.4, 0.5) is 0 Å². The van der Waals surface area contributed by atoms with Gasteiger partial charge < -0.3 is 14.6 Å². The predicted octanol–water partition coefficient (Wildman–Crippen LogP) is 3.77. The van der Waals surface area contributed by atoms with E-state index >= 15 is 0 Å². The molecule has 1 amide bonds. The molecule has 9 heteroatoms. The van der Waals surface area contributed by atoms with E-state index in [1.54, 1.807) is 12.1 Å². The summed E-state index contributed by atoms with van der Waals surface area (Å²) in [5.74, 6) is -1.96. The van der Waals surface area contributed by atoms with Crippen molar-refractivity contribution in [1.29, 1.82) is 0 Å². The molecule has 2 heterocycles. The van der Waals surface area contributed by atoms with E-state index in [0.717, 1.165) is 27.8 Å². The molecule has 2 aromatic rings. The smallest absolute Gasteiger partial charge is 0.326 e. The van der Waals surface area contributed by atoms with E-state index in [2.05, 4.69) is 0 Å². The molecular formula is C20H17NO6S2. The maximum atomic E-state index is 12.7. The van der Waals surface area contributed by atoms with Gasteiger partial charge in [0, 0.05) is 18.1 Å². The van der Waals surface area contributed by atoms with Crippen LogP contribution in [0.5, 0.6) is 0 Å². The van der Waals surface area contributed by atoms with Gasteiger partial charge in [0.1, 0.15) is 21.9 Å². The maximum absolute atomic E-state index is 12.7. The number of amides is 1. The number of rotatable bonds is 7. The van der Waals surface area contributed by atoms with E-state index in [9.17, 15) is 19.5 Å². The van der Waals surface area contributed by atoms with Gasteiger partial charge in [-0.3, -0.25) is 14.5 Å². The minimum Gasteiger partial charge on any atom is -0.481 e. The highest BCUT2D eigenvalue weighted by molar-refractivity contribution is 8.26. The van der Waals surface area contributed by atoms with Crippen LogP contribution < -0.4 is 0 Å². The Morgan fingerprint density at radius 1 is 1.21 bits per heavy atom. The summed E-state index contributed by atoms with van der Waals surface area (Å²) in [4.78, 5) is 36.2.